The quantitative estimate of drug-likeness (QED) is 0.608. The van der Waals surface area contributed by atoms with Gasteiger partial charge < -0.3 is 4.74 Å². The molecule has 0 spiro atoms. The van der Waals surface area contributed by atoms with Gasteiger partial charge in [0.05, 0.1) is 11.6 Å². The van der Waals surface area contributed by atoms with E-state index in [1.165, 1.54) is 0 Å². The number of nitrogens with zero attached hydrogens (tertiary/aromatic N) is 1. The molecule has 4 heteroatoms. The summed E-state index contributed by atoms with van der Waals surface area (Å²) in [4.78, 5) is 16.8. The molecule has 1 aliphatic heterocycles. The summed E-state index contributed by atoms with van der Waals surface area (Å²) in [7, 11) is 0. The van der Waals surface area contributed by atoms with Crippen molar-refractivity contribution in [1.82, 2.24) is 4.98 Å². The van der Waals surface area contributed by atoms with E-state index >= 15 is 0 Å². The van der Waals surface area contributed by atoms with Crippen LogP contribution < -0.4 is 0 Å². The normalized spacial score (nSPS) is 32.4. The van der Waals surface area contributed by atoms with Crippen LogP contribution in [0.15, 0.2) is 48.7 Å². The van der Waals surface area contributed by atoms with Crippen LogP contribution in [0.3, 0.4) is 0 Å². The number of fused-ring (bicyclic) bond motifs is 1. The molecule has 0 bridgehead atoms. The molecule has 1 saturated heterocycles. The van der Waals surface area contributed by atoms with E-state index < -0.39 is 0 Å². The van der Waals surface area contributed by atoms with Crippen LogP contribution in [0.2, 0.25) is 5.02 Å². The molecule has 0 unspecified atom stereocenters. The Morgan fingerprint density at radius 1 is 1.14 bits per heavy atom. The molecule has 0 amide bonds. The second-order valence-electron chi connectivity index (χ2n) is 8.29. The Labute approximate surface area is 171 Å². The molecule has 3 nitrogen and oxygen atoms in total. The second kappa shape index (κ2) is 7.71. The van der Waals surface area contributed by atoms with Gasteiger partial charge in [-0.2, -0.15) is 0 Å². The highest BCUT2D eigenvalue weighted by atomic mass is 35.5. The highest BCUT2D eigenvalue weighted by Gasteiger charge is 2.51. The van der Waals surface area contributed by atoms with E-state index in [1.54, 1.807) is 0 Å². The van der Waals surface area contributed by atoms with Crippen LogP contribution in [0.25, 0.3) is 17.2 Å². The van der Waals surface area contributed by atoms with Crippen molar-refractivity contribution in [3.63, 3.8) is 0 Å². The topological polar surface area (TPSA) is 39.2 Å². The van der Waals surface area contributed by atoms with E-state index in [1.807, 2.05) is 43.5 Å². The Balaban J connectivity index is 1.56. The van der Waals surface area contributed by atoms with Gasteiger partial charge in [0.2, 0.25) is 0 Å². The number of carbonyl (C=O) groups is 1. The fourth-order valence-electron chi connectivity index (χ4n) is 4.88. The van der Waals surface area contributed by atoms with Crippen LogP contribution in [0.1, 0.15) is 32.9 Å². The Morgan fingerprint density at radius 2 is 1.93 bits per heavy atom. The van der Waals surface area contributed by atoms with Crippen molar-refractivity contribution in [2.24, 2.45) is 29.6 Å². The van der Waals surface area contributed by atoms with Crippen LogP contribution in [-0.2, 0) is 9.53 Å². The van der Waals surface area contributed by atoms with Crippen LogP contribution in [0.4, 0.5) is 0 Å². The monoisotopic (exact) mass is 395 g/mol. The minimum absolute atomic E-state index is 0.0161. The number of carbonyl (C=O) groups excluding carboxylic acids is 1. The Hall–Kier alpha value is -2.13. The standard InChI is InChI=1S/C24H26ClNO2/c1-14-12-21-23(16(3)28-24(21)27)19(15(14)2)11-10-18-9-8-17(13-26-18)20-6-4-5-7-22(20)25/h4-11,13-16,19,21,23H,12H2,1-3H3/b11-10+/t14-,15+,16+,19-,21+,23-/m0/s1. The van der Waals surface area contributed by atoms with Crippen LogP contribution in [0.5, 0.6) is 0 Å². The number of rotatable bonds is 3. The summed E-state index contributed by atoms with van der Waals surface area (Å²) in [5.41, 5.74) is 2.90. The first kappa shape index (κ1) is 19.2. The average molecular weight is 396 g/mol. The number of pyridine rings is 1. The highest BCUT2D eigenvalue weighted by Crippen LogP contribution is 2.48. The SMILES string of the molecule is C[C@H]1[C@H](/C=C/c2ccc(-c3ccccc3Cl)cn2)[C@@H]2[C@@H](C)OC(=O)[C@@H]2C[C@@H]1C. The van der Waals surface area contributed by atoms with E-state index in [4.69, 9.17) is 16.3 Å². The Kier molecular flexibility index (Phi) is 5.29. The van der Waals surface area contributed by atoms with Gasteiger partial charge in [-0.15, -0.1) is 0 Å². The molecule has 1 aromatic carbocycles. The van der Waals surface area contributed by atoms with Gasteiger partial charge in [-0.05, 0) is 49.3 Å². The lowest BCUT2D eigenvalue weighted by molar-refractivity contribution is -0.144. The molecule has 1 aliphatic carbocycles. The number of cyclic esters (lactones) is 1. The number of halogens is 1. The lowest BCUT2D eigenvalue weighted by atomic mass is 9.62. The number of allylic oxidation sites excluding steroid dienone is 1. The zero-order valence-corrected chi connectivity index (χ0v) is 17.3. The summed E-state index contributed by atoms with van der Waals surface area (Å²) in [5.74, 6) is 1.61. The molecule has 1 saturated carbocycles. The number of hydrogen-bond acceptors (Lipinski definition) is 3. The molecular formula is C24H26ClNO2. The number of esters is 1. The number of hydrogen-bond donors (Lipinski definition) is 0. The predicted molar refractivity (Wildman–Crippen MR) is 113 cm³/mol. The van der Waals surface area contributed by atoms with Gasteiger partial charge in [0.15, 0.2) is 0 Å². The van der Waals surface area contributed by atoms with E-state index in [0.29, 0.717) is 17.8 Å². The largest absolute Gasteiger partial charge is 0.462 e. The van der Waals surface area contributed by atoms with Crippen molar-refractivity contribution in [3.8, 4) is 11.1 Å². The van der Waals surface area contributed by atoms with Crippen molar-refractivity contribution in [2.45, 2.75) is 33.3 Å². The molecule has 1 aromatic heterocycles. The summed E-state index contributed by atoms with van der Waals surface area (Å²) < 4.78 is 5.56. The van der Waals surface area contributed by atoms with E-state index in [9.17, 15) is 4.79 Å². The van der Waals surface area contributed by atoms with Crippen molar-refractivity contribution in [1.29, 1.82) is 0 Å². The third-order valence-electron chi connectivity index (χ3n) is 6.65. The first-order chi connectivity index (χ1) is 13.5. The molecule has 146 valence electrons. The maximum Gasteiger partial charge on any atom is 0.309 e. The van der Waals surface area contributed by atoms with Crippen molar-refractivity contribution >= 4 is 23.6 Å². The summed E-state index contributed by atoms with van der Waals surface area (Å²) in [5, 5.41) is 0.726. The van der Waals surface area contributed by atoms with E-state index in [2.05, 4.69) is 37.0 Å². The van der Waals surface area contributed by atoms with Gasteiger partial charge in [0, 0.05) is 28.3 Å². The first-order valence-electron chi connectivity index (χ1n) is 10.1. The fourth-order valence-corrected chi connectivity index (χ4v) is 5.13. The number of benzene rings is 1. The maximum absolute atomic E-state index is 12.2. The lowest BCUT2D eigenvalue weighted by Gasteiger charge is -2.40. The minimum Gasteiger partial charge on any atom is -0.462 e. The summed E-state index contributed by atoms with van der Waals surface area (Å²) in [6.07, 6.45) is 7.11. The lowest BCUT2D eigenvalue weighted by Crippen LogP contribution is -2.39. The fraction of sp³-hybridized carbons (Fsp3) is 0.417. The van der Waals surface area contributed by atoms with Crippen molar-refractivity contribution in [2.75, 3.05) is 0 Å². The molecule has 2 fully saturated rings. The van der Waals surface area contributed by atoms with Gasteiger partial charge in [-0.25, -0.2) is 0 Å². The smallest absolute Gasteiger partial charge is 0.309 e. The minimum atomic E-state index is -0.0168. The molecule has 2 aliphatic rings. The van der Waals surface area contributed by atoms with Gasteiger partial charge in [0.25, 0.3) is 0 Å². The highest BCUT2D eigenvalue weighted by molar-refractivity contribution is 6.33. The molecule has 2 aromatic rings. The zero-order valence-electron chi connectivity index (χ0n) is 16.5. The first-order valence-corrected chi connectivity index (χ1v) is 10.4. The third kappa shape index (κ3) is 3.48. The van der Waals surface area contributed by atoms with Gasteiger partial charge in [0.1, 0.15) is 6.10 Å². The Morgan fingerprint density at radius 3 is 2.64 bits per heavy atom. The third-order valence-corrected chi connectivity index (χ3v) is 6.98. The van der Waals surface area contributed by atoms with Crippen LogP contribution in [-0.4, -0.2) is 17.1 Å². The maximum atomic E-state index is 12.2. The van der Waals surface area contributed by atoms with E-state index in [0.717, 1.165) is 28.3 Å². The van der Waals surface area contributed by atoms with Crippen LogP contribution in [0, 0.1) is 29.6 Å². The molecule has 0 radical (unpaired) electrons. The molecule has 0 N–H and O–H groups in total. The van der Waals surface area contributed by atoms with Crippen molar-refractivity contribution < 1.29 is 9.53 Å². The van der Waals surface area contributed by atoms with Gasteiger partial charge in [-0.1, -0.05) is 55.8 Å². The average Bonchev–Trinajstić information content (AvgIpc) is 2.96. The van der Waals surface area contributed by atoms with Crippen molar-refractivity contribution in [3.05, 3.63) is 59.4 Å². The molecular weight excluding hydrogens is 370 g/mol. The molecule has 2 heterocycles. The molecule has 4 rings (SSSR count). The van der Waals surface area contributed by atoms with Gasteiger partial charge >= 0.3 is 5.97 Å². The van der Waals surface area contributed by atoms with E-state index in [-0.39, 0.29) is 23.9 Å². The summed E-state index contributed by atoms with van der Waals surface area (Å²) in [6, 6.07) is 11.9. The Bertz CT molecular complexity index is 892. The summed E-state index contributed by atoms with van der Waals surface area (Å²) >= 11 is 6.29. The molecule has 28 heavy (non-hydrogen) atoms. The molecule has 6 atom stereocenters. The van der Waals surface area contributed by atoms with Gasteiger partial charge in [-0.3, -0.25) is 9.78 Å². The van der Waals surface area contributed by atoms with Crippen LogP contribution >= 0.6 is 11.6 Å². The predicted octanol–water partition coefficient (Wildman–Crippen LogP) is 5.89. The zero-order chi connectivity index (χ0) is 19.8. The number of ether oxygens (including phenoxy) is 1. The second-order valence-corrected chi connectivity index (χ2v) is 8.69. The number of aromatic nitrogens is 1. The summed E-state index contributed by atoms with van der Waals surface area (Å²) in [6.45, 7) is 6.57.